The monoisotopic (exact) mass is 167 g/mol. The zero-order valence-electron chi connectivity index (χ0n) is 6.45. The number of aromatic amines is 1. The number of H-pyrrole nitrogens is 1. The van der Waals surface area contributed by atoms with Gasteiger partial charge in [-0.05, 0) is 12.8 Å². The van der Waals surface area contributed by atoms with E-state index in [2.05, 4.69) is 15.2 Å². The molecule has 64 valence electrons. The van der Waals surface area contributed by atoms with E-state index in [1.165, 1.54) is 0 Å². The van der Waals surface area contributed by atoms with Crippen LogP contribution in [0.4, 0.5) is 0 Å². The summed E-state index contributed by atoms with van der Waals surface area (Å²) >= 11 is 0. The van der Waals surface area contributed by atoms with Gasteiger partial charge in [-0.15, -0.1) is 0 Å². The molecule has 1 heterocycles. The molecule has 5 nitrogen and oxygen atoms in total. The van der Waals surface area contributed by atoms with Gasteiger partial charge in [0.25, 0.3) is 0 Å². The van der Waals surface area contributed by atoms with Crippen molar-refractivity contribution in [2.24, 2.45) is 0 Å². The quantitative estimate of drug-likeness (QED) is 0.679. The molecule has 0 aromatic carbocycles. The maximum absolute atomic E-state index is 10.3. The predicted molar refractivity (Wildman–Crippen MR) is 39.7 cm³/mol. The van der Waals surface area contributed by atoms with Crippen LogP contribution in [-0.2, 0) is 11.2 Å². The van der Waals surface area contributed by atoms with E-state index in [4.69, 9.17) is 5.11 Å². The number of carbonyl (C=O) groups is 1. The smallest absolute Gasteiger partial charge is 0.311 e. The molecule has 1 aliphatic rings. The van der Waals surface area contributed by atoms with E-state index in [0.29, 0.717) is 11.7 Å². The Hall–Kier alpha value is -1.39. The Balaban J connectivity index is 2.07. The standard InChI is InChI=1S/C7H9N3O2/c11-6(12)3-5-8-7(10-9-5)4-1-2-4/h4H,1-3H2,(H,11,12)(H,8,9,10). The largest absolute Gasteiger partial charge is 0.481 e. The van der Waals surface area contributed by atoms with Crippen molar-refractivity contribution in [2.75, 3.05) is 0 Å². The first-order valence-corrected chi connectivity index (χ1v) is 3.88. The van der Waals surface area contributed by atoms with Gasteiger partial charge in [-0.1, -0.05) is 0 Å². The van der Waals surface area contributed by atoms with E-state index in [1.807, 2.05) is 0 Å². The topological polar surface area (TPSA) is 78.9 Å². The molecule has 1 saturated carbocycles. The SMILES string of the molecule is O=C(O)Cc1nc(C2CC2)n[nH]1. The van der Waals surface area contributed by atoms with E-state index in [-0.39, 0.29) is 6.42 Å². The summed E-state index contributed by atoms with van der Waals surface area (Å²) in [7, 11) is 0. The molecule has 0 saturated heterocycles. The Bertz CT molecular complexity index is 303. The highest BCUT2D eigenvalue weighted by Crippen LogP contribution is 2.37. The van der Waals surface area contributed by atoms with Crippen molar-refractivity contribution >= 4 is 5.97 Å². The number of rotatable bonds is 3. The molecule has 2 N–H and O–H groups in total. The minimum atomic E-state index is -0.881. The van der Waals surface area contributed by atoms with Crippen molar-refractivity contribution < 1.29 is 9.90 Å². The normalized spacial score (nSPS) is 16.3. The second-order valence-electron chi connectivity index (χ2n) is 2.99. The van der Waals surface area contributed by atoms with Crippen LogP contribution in [0, 0.1) is 0 Å². The highest BCUT2D eigenvalue weighted by Gasteiger charge is 2.27. The molecule has 0 spiro atoms. The second kappa shape index (κ2) is 2.58. The Labute approximate surface area is 68.8 Å². The number of nitrogens with zero attached hydrogens (tertiary/aromatic N) is 2. The average Bonchev–Trinajstić information content (AvgIpc) is 2.73. The number of hydrogen-bond donors (Lipinski definition) is 2. The number of aromatic nitrogens is 3. The summed E-state index contributed by atoms with van der Waals surface area (Å²) in [5.74, 6) is 0.813. The number of hydrogen-bond acceptors (Lipinski definition) is 3. The Morgan fingerprint density at radius 2 is 2.42 bits per heavy atom. The van der Waals surface area contributed by atoms with Crippen molar-refractivity contribution in [2.45, 2.75) is 25.2 Å². The molecule has 0 bridgehead atoms. The zero-order valence-corrected chi connectivity index (χ0v) is 6.45. The molecule has 0 aliphatic heterocycles. The fourth-order valence-corrected chi connectivity index (χ4v) is 1.06. The van der Waals surface area contributed by atoms with Gasteiger partial charge in [0.15, 0.2) is 5.82 Å². The minimum absolute atomic E-state index is 0.0697. The summed E-state index contributed by atoms with van der Waals surface area (Å²) in [6.07, 6.45) is 2.19. The molecule has 2 rings (SSSR count). The first-order chi connectivity index (χ1) is 5.75. The van der Waals surface area contributed by atoms with Gasteiger partial charge in [0, 0.05) is 5.92 Å². The Morgan fingerprint density at radius 3 is 3.00 bits per heavy atom. The summed E-state index contributed by atoms with van der Waals surface area (Å²) in [5.41, 5.74) is 0. The third-order valence-electron chi connectivity index (χ3n) is 1.81. The van der Waals surface area contributed by atoms with Crippen molar-refractivity contribution in [1.29, 1.82) is 0 Å². The van der Waals surface area contributed by atoms with Crippen LogP contribution in [0.3, 0.4) is 0 Å². The molecule has 0 amide bonds. The zero-order chi connectivity index (χ0) is 8.55. The van der Waals surface area contributed by atoms with Gasteiger partial charge in [-0.3, -0.25) is 9.89 Å². The summed E-state index contributed by atoms with van der Waals surface area (Å²) in [6, 6.07) is 0. The van der Waals surface area contributed by atoms with Crippen LogP contribution in [0.15, 0.2) is 0 Å². The van der Waals surface area contributed by atoms with Crippen LogP contribution in [0.25, 0.3) is 0 Å². The van der Waals surface area contributed by atoms with E-state index in [1.54, 1.807) is 0 Å². The third kappa shape index (κ3) is 1.44. The highest BCUT2D eigenvalue weighted by atomic mass is 16.4. The van der Waals surface area contributed by atoms with Gasteiger partial charge in [0.05, 0.1) is 0 Å². The van der Waals surface area contributed by atoms with Crippen LogP contribution < -0.4 is 0 Å². The molecular formula is C7H9N3O2. The van der Waals surface area contributed by atoms with E-state index in [0.717, 1.165) is 18.7 Å². The van der Waals surface area contributed by atoms with Crippen LogP contribution in [-0.4, -0.2) is 26.3 Å². The number of nitrogens with one attached hydrogen (secondary N) is 1. The Kier molecular flexibility index (Phi) is 1.56. The molecule has 1 aromatic rings. The maximum atomic E-state index is 10.3. The number of carboxylic acids is 1. The highest BCUT2D eigenvalue weighted by molar-refractivity contribution is 5.68. The van der Waals surface area contributed by atoms with E-state index >= 15 is 0 Å². The number of aliphatic carboxylic acids is 1. The second-order valence-corrected chi connectivity index (χ2v) is 2.99. The van der Waals surface area contributed by atoms with Crippen molar-refractivity contribution in [3.8, 4) is 0 Å². The molecule has 0 unspecified atom stereocenters. The molecule has 1 fully saturated rings. The van der Waals surface area contributed by atoms with Crippen LogP contribution in [0.1, 0.15) is 30.4 Å². The van der Waals surface area contributed by atoms with Crippen molar-refractivity contribution in [3.63, 3.8) is 0 Å². The maximum Gasteiger partial charge on any atom is 0.311 e. The van der Waals surface area contributed by atoms with Gasteiger partial charge in [0.1, 0.15) is 12.2 Å². The number of carboxylic acid groups (broad SMARTS) is 1. The molecule has 1 aromatic heterocycles. The lowest BCUT2D eigenvalue weighted by Crippen LogP contribution is -2.01. The van der Waals surface area contributed by atoms with Gasteiger partial charge in [0.2, 0.25) is 0 Å². The third-order valence-corrected chi connectivity index (χ3v) is 1.81. The minimum Gasteiger partial charge on any atom is -0.481 e. The molecule has 0 radical (unpaired) electrons. The molecular weight excluding hydrogens is 158 g/mol. The van der Waals surface area contributed by atoms with Crippen LogP contribution in [0.5, 0.6) is 0 Å². The summed E-state index contributed by atoms with van der Waals surface area (Å²) in [6.45, 7) is 0. The Morgan fingerprint density at radius 1 is 1.67 bits per heavy atom. The fraction of sp³-hybridized carbons (Fsp3) is 0.571. The van der Waals surface area contributed by atoms with Crippen molar-refractivity contribution in [1.82, 2.24) is 15.2 Å². The molecule has 1 aliphatic carbocycles. The lowest BCUT2D eigenvalue weighted by atomic mass is 10.4. The van der Waals surface area contributed by atoms with Gasteiger partial charge < -0.3 is 5.11 Å². The average molecular weight is 167 g/mol. The first kappa shape index (κ1) is 7.27. The lowest BCUT2D eigenvalue weighted by molar-refractivity contribution is -0.136. The molecule has 5 heteroatoms. The molecule has 0 atom stereocenters. The lowest BCUT2D eigenvalue weighted by Gasteiger charge is -1.85. The van der Waals surface area contributed by atoms with Crippen LogP contribution in [0.2, 0.25) is 0 Å². The fourth-order valence-electron chi connectivity index (χ4n) is 1.06. The van der Waals surface area contributed by atoms with Gasteiger partial charge >= 0.3 is 5.97 Å². The van der Waals surface area contributed by atoms with Gasteiger partial charge in [-0.2, -0.15) is 5.10 Å². The molecule has 12 heavy (non-hydrogen) atoms. The predicted octanol–water partition coefficient (Wildman–Crippen LogP) is 0.309. The van der Waals surface area contributed by atoms with E-state index in [9.17, 15) is 4.79 Å². The summed E-state index contributed by atoms with van der Waals surface area (Å²) in [4.78, 5) is 14.3. The summed E-state index contributed by atoms with van der Waals surface area (Å²) < 4.78 is 0. The first-order valence-electron chi connectivity index (χ1n) is 3.88. The van der Waals surface area contributed by atoms with Crippen molar-refractivity contribution in [3.05, 3.63) is 11.6 Å². The van der Waals surface area contributed by atoms with Crippen LogP contribution >= 0.6 is 0 Å². The van der Waals surface area contributed by atoms with E-state index < -0.39 is 5.97 Å². The van der Waals surface area contributed by atoms with Gasteiger partial charge in [-0.25, -0.2) is 4.98 Å². The summed E-state index contributed by atoms with van der Waals surface area (Å²) in [5, 5.41) is 15.0.